The summed E-state index contributed by atoms with van der Waals surface area (Å²) in [4.78, 5) is 29.7. The molecule has 3 rings (SSSR count). The summed E-state index contributed by atoms with van der Waals surface area (Å²) in [6.45, 7) is 0.631. The topological polar surface area (TPSA) is 136 Å². The van der Waals surface area contributed by atoms with Crippen molar-refractivity contribution in [2.75, 3.05) is 12.1 Å². The number of nitrogens with zero attached hydrogens (tertiary/aromatic N) is 4. The van der Waals surface area contributed by atoms with Gasteiger partial charge in [0.2, 0.25) is 5.95 Å². The Labute approximate surface area is 147 Å². The van der Waals surface area contributed by atoms with Gasteiger partial charge in [0.05, 0.1) is 19.5 Å². The quantitative estimate of drug-likeness (QED) is 0.432. The molecule has 2 heterocycles. The monoisotopic (exact) mass is 383 g/mol. The Kier molecular flexibility index (Phi) is 5.03. The van der Waals surface area contributed by atoms with Crippen LogP contribution >= 0.6 is 19.2 Å². The largest absolute Gasteiger partial charge is 0.368 e. The first-order valence-corrected chi connectivity index (χ1v) is 9.33. The number of rotatable bonds is 6. The Hall–Kier alpha value is -2.03. The zero-order valence-corrected chi connectivity index (χ0v) is 14.6. The smallest absolute Gasteiger partial charge is 0.350 e. The Morgan fingerprint density at radius 2 is 1.88 bits per heavy atom. The molecule has 0 unspecified atom stereocenters. The van der Waals surface area contributed by atoms with E-state index in [1.807, 2.05) is 24.3 Å². The fraction of sp³-hybridized carbons (Fsp3) is 0.214. The van der Waals surface area contributed by atoms with Crippen molar-refractivity contribution in [2.45, 2.75) is 13.2 Å². The van der Waals surface area contributed by atoms with Gasteiger partial charge in [-0.05, 0) is 11.1 Å². The molecule has 25 heavy (non-hydrogen) atoms. The predicted octanol–water partition coefficient (Wildman–Crippen LogP) is 1.76. The number of imidazole rings is 1. The van der Waals surface area contributed by atoms with E-state index in [1.54, 1.807) is 10.9 Å². The second-order valence-corrected chi connectivity index (χ2v) is 7.32. The third-order valence-electron chi connectivity index (χ3n) is 3.34. The molecule has 0 amide bonds. The van der Waals surface area contributed by atoms with E-state index in [4.69, 9.17) is 31.9 Å². The van der Waals surface area contributed by atoms with Crippen LogP contribution in [0.2, 0.25) is 5.15 Å². The molecule has 0 aliphatic rings. The number of anilines is 1. The van der Waals surface area contributed by atoms with Crippen LogP contribution in [0.3, 0.4) is 0 Å². The maximum Gasteiger partial charge on any atom is 0.350 e. The Morgan fingerprint density at radius 1 is 1.20 bits per heavy atom. The van der Waals surface area contributed by atoms with Crippen molar-refractivity contribution in [2.24, 2.45) is 0 Å². The number of nitrogens with two attached hydrogens (primary N) is 1. The maximum atomic E-state index is 10.7. The lowest BCUT2D eigenvalue weighted by molar-refractivity contribution is 0.144. The van der Waals surface area contributed by atoms with E-state index in [1.165, 1.54) is 0 Å². The van der Waals surface area contributed by atoms with Crippen molar-refractivity contribution in [1.29, 1.82) is 0 Å². The minimum Gasteiger partial charge on any atom is -0.368 e. The number of halogens is 1. The maximum absolute atomic E-state index is 10.7. The molecule has 0 aliphatic carbocycles. The van der Waals surface area contributed by atoms with Crippen LogP contribution in [0.4, 0.5) is 5.95 Å². The highest BCUT2D eigenvalue weighted by molar-refractivity contribution is 7.51. The first-order valence-electron chi connectivity index (χ1n) is 7.16. The summed E-state index contributed by atoms with van der Waals surface area (Å²) in [5, 5.41) is 0.207. The van der Waals surface area contributed by atoms with Crippen molar-refractivity contribution in [3.05, 3.63) is 46.9 Å². The van der Waals surface area contributed by atoms with Crippen molar-refractivity contribution in [3.8, 4) is 0 Å². The van der Waals surface area contributed by atoms with E-state index in [-0.39, 0.29) is 17.7 Å². The molecule has 0 bridgehead atoms. The number of hydrogen-bond donors (Lipinski definition) is 3. The summed E-state index contributed by atoms with van der Waals surface area (Å²) in [6, 6.07) is 7.41. The van der Waals surface area contributed by atoms with E-state index in [2.05, 4.69) is 15.0 Å². The molecule has 0 saturated heterocycles. The summed E-state index contributed by atoms with van der Waals surface area (Å²) >= 11 is 6.00. The SMILES string of the molecule is Nc1nc(Cl)c2ncn(Cc3ccc(COCP(=O)(O)O)cc3)c2n1. The Balaban J connectivity index is 1.71. The van der Waals surface area contributed by atoms with Gasteiger partial charge in [-0.25, -0.2) is 4.98 Å². The van der Waals surface area contributed by atoms with Crippen LogP contribution in [0.15, 0.2) is 30.6 Å². The van der Waals surface area contributed by atoms with Crippen LogP contribution in [0.5, 0.6) is 0 Å². The summed E-state index contributed by atoms with van der Waals surface area (Å²) < 4.78 is 17.5. The van der Waals surface area contributed by atoms with Crippen LogP contribution in [0.1, 0.15) is 11.1 Å². The molecule has 9 nitrogen and oxygen atoms in total. The first kappa shape index (κ1) is 17.8. The summed E-state index contributed by atoms with van der Waals surface area (Å²) in [5.41, 5.74) is 8.44. The lowest BCUT2D eigenvalue weighted by atomic mass is 10.1. The van der Waals surface area contributed by atoms with Gasteiger partial charge in [-0.15, -0.1) is 0 Å². The second kappa shape index (κ2) is 7.07. The van der Waals surface area contributed by atoms with Gasteiger partial charge in [-0.2, -0.15) is 9.97 Å². The van der Waals surface area contributed by atoms with Crippen molar-refractivity contribution >= 4 is 36.3 Å². The highest BCUT2D eigenvalue weighted by Crippen LogP contribution is 2.34. The molecule has 3 aromatic rings. The first-order chi connectivity index (χ1) is 11.8. The predicted molar refractivity (Wildman–Crippen MR) is 92.0 cm³/mol. The highest BCUT2D eigenvalue weighted by Gasteiger charge is 2.13. The molecule has 1 aromatic carbocycles. The van der Waals surface area contributed by atoms with Crippen LogP contribution in [-0.2, 0) is 22.5 Å². The molecule has 2 aromatic heterocycles. The zero-order valence-electron chi connectivity index (χ0n) is 12.9. The third-order valence-corrected chi connectivity index (χ3v) is 4.13. The van der Waals surface area contributed by atoms with Gasteiger partial charge in [-0.1, -0.05) is 35.9 Å². The minimum absolute atomic E-state index is 0.0804. The summed E-state index contributed by atoms with van der Waals surface area (Å²) in [5.74, 6) is 0.0804. The minimum atomic E-state index is -4.15. The van der Waals surface area contributed by atoms with Gasteiger partial charge in [0, 0.05) is 0 Å². The van der Waals surface area contributed by atoms with E-state index >= 15 is 0 Å². The Bertz CT molecular complexity index is 940. The fourth-order valence-electron chi connectivity index (χ4n) is 2.26. The van der Waals surface area contributed by atoms with Gasteiger partial charge in [0.15, 0.2) is 10.8 Å². The number of nitrogen functional groups attached to an aromatic ring is 1. The van der Waals surface area contributed by atoms with Crippen LogP contribution in [-0.4, -0.2) is 35.7 Å². The van der Waals surface area contributed by atoms with Crippen molar-refractivity contribution < 1.29 is 19.1 Å². The highest BCUT2D eigenvalue weighted by atomic mass is 35.5. The normalized spacial score (nSPS) is 12.0. The number of benzene rings is 1. The number of aromatic nitrogens is 4. The number of hydrogen-bond acceptors (Lipinski definition) is 6. The van der Waals surface area contributed by atoms with Crippen molar-refractivity contribution in [3.63, 3.8) is 0 Å². The van der Waals surface area contributed by atoms with Crippen LogP contribution < -0.4 is 5.73 Å². The van der Waals surface area contributed by atoms with E-state index in [0.717, 1.165) is 11.1 Å². The number of fused-ring (bicyclic) bond motifs is 1. The molecule has 0 atom stereocenters. The summed E-state index contributed by atoms with van der Waals surface area (Å²) in [7, 11) is -4.15. The molecular weight excluding hydrogens is 369 g/mol. The molecular formula is C14H15ClN5O4P. The van der Waals surface area contributed by atoms with Gasteiger partial charge in [0.1, 0.15) is 11.9 Å². The fourth-order valence-corrected chi connectivity index (χ4v) is 2.81. The standard InChI is InChI=1S/C14H15ClN5O4P/c15-12-11-13(19-14(16)18-12)20(7-17-11)5-9-1-3-10(4-2-9)6-24-8-25(21,22)23/h1-4,7H,5-6,8H2,(H2,16,18,19)(H2,21,22,23). The molecule has 0 fully saturated rings. The van der Waals surface area contributed by atoms with Gasteiger partial charge in [-0.3, -0.25) is 4.57 Å². The van der Waals surface area contributed by atoms with E-state index in [0.29, 0.717) is 17.7 Å². The van der Waals surface area contributed by atoms with E-state index < -0.39 is 13.9 Å². The lowest BCUT2D eigenvalue weighted by Crippen LogP contribution is -2.02. The molecule has 0 radical (unpaired) electrons. The third kappa shape index (κ3) is 4.53. The molecule has 0 saturated carbocycles. The van der Waals surface area contributed by atoms with Crippen LogP contribution in [0.25, 0.3) is 11.2 Å². The molecule has 0 spiro atoms. The van der Waals surface area contributed by atoms with E-state index in [9.17, 15) is 4.57 Å². The van der Waals surface area contributed by atoms with Gasteiger partial charge >= 0.3 is 7.60 Å². The zero-order chi connectivity index (χ0) is 18.0. The molecule has 11 heteroatoms. The average Bonchev–Trinajstić information content (AvgIpc) is 2.91. The lowest BCUT2D eigenvalue weighted by Gasteiger charge is -2.08. The molecule has 132 valence electrons. The van der Waals surface area contributed by atoms with Gasteiger partial charge in [0.25, 0.3) is 0 Å². The molecule has 4 N–H and O–H groups in total. The van der Waals surface area contributed by atoms with Crippen molar-refractivity contribution in [1.82, 2.24) is 19.5 Å². The number of ether oxygens (including phenoxy) is 1. The Morgan fingerprint density at radius 3 is 2.56 bits per heavy atom. The van der Waals surface area contributed by atoms with Crippen LogP contribution in [0, 0.1) is 0 Å². The van der Waals surface area contributed by atoms with Gasteiger partial charge < -0.3 is 24.8 Å². The average molecular weight is 384 g/mol. The molecule has 0 aliphatic heterocycles. The second-order valence-electron chi connectivity index (χ2n) is 5.38. The summed E-state index contributed by atoms with van der Waals surface area (Å²) in [6.07, 6.45) is 1.01.